The van der Waals surface area contributed by atoms with Crippen molar-refractivity contribution in [3.8, 4) is 0 Å². The van der Waals surface area contributed by atoms with Gasteiger partial charge in [-0.05, 0) is 11.6 Å². The third-order valence-electron chi connectivity index (χ3n) is 1.59. The Morgan fingerprint density at radius 1 is 0.889 bits per heavy atom. The SMILES string of the molecule is N.N.O=S(=O)(O)C(=Cc1ccccc1)S(=O)(=O)O. The second-order valence-electron chi connectivity index (χ2n) is 2.82. The predicted octanol–water partition coefficient (Wildman–Crippen LogP) is 1.08. The number of hydrogen-bond donors (Lipinski definition) is 4. The van der Waals surface area contributed by atoms with Gasteiger partial charge >= 0.3 is 20.2 Å². The molecule has 8 nitrogen and oxygen atoms in total. The lowest BCUT2D eigenvalue weighted by molar-refractivity contribution is 0.481. The van der Waals surface area contributed by atoms with Gasteiger partial charge in [0.05, 0.1) is 0 Å². The first-order valence-corrected chi connectivity index (χ1v) is 6.81. The summed E-state index contributed by atoms with van der Waals surface area (Å²) in [6.07, 6.45) is 0.657. The van der Waals surface area contributed by atoms with Crippen LogP contribution in [-0.2, 0) is 20.2 Å². The Balaban J connectivity index is 0. The standard InChI is InChI=1S/C8H8O6S2.2H3N/c9-15(10,11)8(16(12,13)14)6-7-4-2-1-3-5-7;;/h1-6H,(H,9,10,11)(H,12,13,14);2*1H3. The maximum Gasteiger partial charge on any atom is 0.308 e. The van der Waals surface area contributed by atoms with Gasteiger partial charge in [-0.25, -0.2) is 0 Å². The highest BCUT2D eigenvalue weighted by Crippen LogP contribution is 2.16. The fourth-order valence-electron chi connectivity index (χ4n) is 0.967. The smallest absolute Gasteiger partial charge is 0.308 e. The molecule has 0 saturated carbocycles. The summed E-state index contributed by atoms with van der Waals surface area (Å²) in [5.41, 5.74) is 0.216. The summed E-state index contributed by atoms with van der Waals surface area (Å²) in [5.74, 6) is 0. The highest BCUT2D eigenvalue weighted by atomic mass is 32.3. The predicted molar refractivity (Wildman–Crippen MR) is 67.6 cm³/mol. The summed E-state index contributed by atoms with van der Waals surface area (Å²) < 4.78 is 58.7. The Bertz CT molecular complexity index is 572. The Morgan fingerprint density at radius 2 is 1.28 bits per heavy atom. The molecule has 18 heavy (non-hydrogen) atoms. The van der Waals surface area contributed by atoms with E-state index < -0.39 is 24.5 Å². The Labute approximate surface area is 105 Å². The van der Waals surface area contributed by atoms with Crippen LogP contribution in [0.1, 0.15) is 5.56 Å². The van der Waals surface area contributed by atoms with Crippen LogP contribution in [0.25, 0.3) is 6.08 Å². The minimum Gasteiger partial charge on any atom is -0.344 e. The van der Waals surface area contributed by atoms with E-state index in [9.17, 15) is 16.8 Å². The van der Waals surface area contributed by atoms with E-state index in [1.165, 1.54) is 24.3 Å². The molecule has 0 atom stereocenters. The maximum atomic E-state index is 10.7. The van der Waals surface area contributed by atoms with Gasteiger partial charge in [0.25, 0.3) is 0 Å². The lowest BCUT2D eigenvalue weighted by atomic mass is 10.2. The van der Waals surface area contributed by atoms with Crippen molar-refractivity contribution in [2.75, 3.05) is 0 Å². The van der Waals surface area contributed by atoms with E-state index in [2.05, 4.69) is 0 Å². The molecule has 1 aromatic rings. The van der Waals surface area contributed by atoms with E-state index >= 15 is 0 Å². The van der Waals surface area contributed by atoms with Gasteiger partial charge in [-0.1, -0.05) is 30.3 Å². The van der Waals surface area contributed by atoms with Crippen LogP contribution in [-0.4, -0.2) is 25.9 Å². The first-order valence-electron chi connectivity index (χ1n) is 3.93. The zero-order valence-corrected chi connectivity index (χ0v) is 10.9. The molecule has 0 aliphatic heterocycles. The van der Waals surface area contributed by atoms with Crippen LogP contribution in [0, 0.1) is 0 Å². The Hall–Kier alpha value is -1.30. The van der Waals surface area contributed by atoms with Crippen molar-refractivity contribution in [3.63, 3.8) is 0 Å². The maximum absolute atomic E-state index is 10.7. The molecule has 0 unspecified atom stereocenters. The Kier molecular flexibility index (Phi) is 6.97. The summed E-state index contributed by atoms with van der Waals surface area (Å²) >= 11 is 0. The molecule has 1 aromatic carbocycles. The van der Waals surface area contributed by atoms with Crippen LogP contribution >= 0.6 is 0 Å². The number of benzene rings is 1. The summed E-state index contributed by atoms with van der Waals surface area (Å²) in [4.78, 5) is 0. The van der Waals surface area contributed by atoms with Crippen molar-refractivity contribution in [2.45, 2.75) is 0 Å². The Morgan fingerprint density at radius 3 is 1.61 bits per heavy atom. The van der Waals surface area contributed by atoms with E-state index in [0.717, 1.165) is 0 Å². The van der Waals surface area contributed by atoms with Gasteiger partial charge in [0.1, 0.15) is 0 Å². The van der Waals surface area contributed by atoms with Crippen molar-refractivity contribution in [1.29, 1.82) is 0 Å². The molecule has 0 radical (unpaired) electrons. The first-order chi connectivity index (χ1) is 7.21. The van der Waals surface area contributed by atoms with Crippen LogP contribution in [0.2, 0.25) is 0 Å². The second-order valence-corrected chi connectivity index (χ2v) is 5.86. The molecule has 0 aliphatic carbocycles. The zero-order valence-electron chi connectivity index (χ0n) is 9.22. The molecule has 0 heterocycles. The summed E-state index contributed by atoms with van der Waals surface area (Å²) in [5, 5.41) is 0. The van der Waals surface area contributed by atoms with Crippen LogP contribution in [0.3, 0.4) is 0 Å². The molecular weight excluding hydrogens is 284 g/mol. The molecule has 8 N–H and O–H groups in total. The fourth-order valence-corrected chi connectivity index (χ4v) is 2.60. The molecule has 0 spiro atoms. The van der Waals surface area contributed by atoms with Gasteiger partial charge in [0.2, 0.25) is 4.24 Å². The minimum atomic E-state index is -5.00. The molecule has 1 rings (SSSR count). The minimum absolute atomic E-state index is 0. The van der Waals surface area contributed by atoms with E-state index in [4.69, 9.17) is 9.11 Å². The summed E-state index contributed by atoms with van der Waals surface area (Å²) in [6.45, 7) is 0. The average Bonchev–Trinajstić information content (AvgIpc) is 2.12. The lowest BCUT2D eigenvalue weighted by Gasteiger charge is -2.00. The van der Waals surface area contributed by atoms with Gasteiger partial charge in [-0.15, -0.1) is 0 Å². The number of rotatable bonds is 3. The van der Waals surface area contributed by atoms with Crippen molar-refractivity contribution in [2.24, 2.45) is 0 Å². The fraction of sp³-hybridized carbons (Fsp3) is 0. The summed E-state index contributed by atoms with van der Waals surface area (Å²) in [7, 11) is -10.00. The van der Waals surface area contributed by atoms with Crippen LogP contribution in [0.5, 0.6) is 0 Å². The van der Waals surface area contributed by atoms with Crippen molar-refractivity contribution in [1.82, 2.24) is 12.3 Å². The molecule has 10 heteroatoms. The average molecular weight is 298 g/mol. The molecule has 0 aliphatic rings. The third-order valence-corrected chi connectivity index (χ3v) is 4.11. The van der Waals surface area contributed by atoms with Gasteiger partial charge in [-0.3, -0.25) is 9.11 Å². The molecule has 104 valence electrons. The van der Waals surface area contributed by atoms with E-state index in [1.54, 1.807) is 6.07 Å². The summed E-state index contributed by atoms with van der Waals surface area (Å²) in [6, 6.07) is 7.54. The number of hydrogen-bond acceptors (Lipinski definition) is 6. The first kappa shape index (κ1) is 19.0. The third kappa shape index (κ3) is 5.35. The van der Waals surface area contributed by atoms with E-state index in [1.807, 2.05) is 0 Å². The van der Waals surface area contributed by atoms with Crippen molar-refractivity contribution < 1.29 is 25.9 Å². The molecule has 0 saturated heterocycles. The molecule has 0 bridgehead atoms. The highest BCUT2D eigenvalue weighted by molar-refractivity contribution is 8.09. The van der Waals surface area contributed by atoms with Gasteiger partial charge < -0.3 is 12.3 Å². The van der Waals surface area contributed by atoms with Crippen LogP contribution in [0.4, 0.5) is 0 Å². The molecule has 0 fully saturated rings. The molecular formula is C8H14N2O6S2. The highest BCUT2D eigenvalue weighted by Gasteiger charge is 2.26. The molecule has 0 amide bonds. The normalized spacial score (nSPS) is 10.8. The van der Waals surface area contributed by atoms with Gasteiger partial charge in [-0.2, -0.15) is 16.8 Å². The van der Waals surface area contributed by atoms with Crippen molar-refractivity contribution in [3.05, 3.63) is 40.1 Å². The zero-order chi connectivity index (χ0) is 12.4. The largest absolute Gasteiger partial charge is 0.344 e. The van der Waals surface area contributed by atoms with Gasteiger partial charge in [0.15, 0.2) is 0 Å². The van der Waals surface area contributed by atoms with Gasteiger partial charge in [0, 0.05) is 0 Å². The second kappa shape index (κ2) is 6.58. The monoisotopic (exact) mass is 298 g/mol. The van der Waals surface area contributed by atoms with E-state index in [0.29, 0.717) is 6.08 Å². The van der Waals surface area contributed by atoms with Crippen molar-refractivity contribution >= 4 is 26.3 Å². The molecule has 0 aromatic heterocycles. The lowest BCUT2D eigenvalue weighted by Crippen LogP contribution is -2.12. The van der Waals surface area contributed by atoms with Crippen LogP contribution < -0.4 is 12.3 Å². The van der Waals surface area contributed by atoms with Crippen LogP contribution in [0.15, 0.2) is 34.6 Å². The van der Waals surface area contributed by atoms with E-state index in [-0.39, 0.29) is 17.9 Å². The topological polar surface area (TPSA) is 179 Å². The quantitative estimate of drug-likeness (QED) is 0.598.